The topological polar surface area (TPSA) is 47.3 Å². The molecule has 28 heavy (non-hydrogen) atoms. The SMILES string of the molecule is CCc1ccccc1N1CSC2=C(C#N)[C@@H](c3ccc(Br)cc3)CC(=O)N2C1. The lowest BCUT2D eigenvalue weighted by molar-refractivity contribution is -0.129. The minimum Gasteiger partial charge on any atom is -0.343 e. The van der Waals surface area contributed by atoms with Gasteiger partial charge in [0.2, 0.25) is 5.91 Å². The maximum absolute atomic E-state index is 13.0. The van der Waals surface area contributed by atoms with E-state index in [4.69, 9.17) is 0 Å². The number of para-hydroxylation sites is 1. The van der Waals surface area contributed by atoms with Crippen molar-refractivity contribution in [2.75, 3.05) is 17.4 Å². The van der Waals surface area contributed by atoms with Gasteiger partial charge in [-0.05, 0) is 35.7 Å². The lowest BCUT2D eigenvalue weighted by Crippen LogP contribution is -2.47. The Bertz CT molecular complexity index is 980. The van der Waals surface area contributed by atoms with Crippen molar-refractivity contribution < 1.29 is 4.79 Å². The first kappa shape index (κ1) is 19.1. The third kappa shape index (κ3) is 3.45. The van der Waals surface area contributed by atoms with Crippen LogP contribution >= 0.6 is 27.7 Å². The molecule has 0 N–H and O–H groups in total. The quantitative estimate of drug-likeness (QED) is 0.637. The molecule has 2 aromatic rings. The molecule has 2 heterocycles. The van der Waals surface area contributed by atoms with E-state index in [1.807, 2.05) is 36.4 Å². The van der Waals surface area contributed by atoms with Crippen LogP contribution in [0, 0.1) is 11.3 Å². The van der Waals surface area contributed by atoms with E-state index in [0.29, 0.717) is 18.7 Å². The first-order valence-corrected chi connectivity index (χ1v) is 11.1. The summed E-state index contributed by atoms with van der Waals surface area (Å²) in [4.78, 5) is 17.0. The zero-order valence-corrected chi connectivity index (χ0v) is 18.0. The van der Waals surface area contributed by atoms with Crippen LogP contribution in [0.25, 0.3) is 0 Å². The number of anilines is 1. The molecule has 0 aromatic heterocycles. The Morgan fingerprint density at radius 3 is 2.68 bits per heavy atom. The highest BCUT2D eigenvalue weighted by Gasteiger charge is 2.38. The fourth-order valence-electron chi connectivity index (χ4n) is 3.81. The molecule has 0 unspecified atom stereocenters. The van der Waals surface area contributed by atoms with Crippen LogP contribution in [-0.2, 0) is 11.2 Å². The number of amides is 1. The zero-order chi connectivity index (χ0) is 19.7. The first-order chi connectivity index (χ1) is 13.6. The number of nitrogens with zero attached hydrogens (tertiary/aromatic N) is 3. The van der Waals surface area contributed by atoms with Crippen molar-refractivity contribution in [1.82, 2.24) is 4.90 Å². The summed E-state index contributed by atoms with van der Waals surface area (Å²) in [6.07, 6.45) is 1.28. The summed E-state index contributed by atoms with van der Waals surface area (Å²) in [5.41, 5.74) is 4.15. The van der Waals surface area contributed by atoms with Crippen LogP contribution in [0.1, 0.15) is 30.4 Å². The van der Waals surface area contributed by atoms with E-state index in [2.05, 4.69) is 46.0 Å². The third-order valence-corrected chi connectivity index (χ3v) is 6.96. The Morgan fingerprint density at radius 2 is 1.96 bits per heavy atom. The second-order valence-corrected chi connectivity index (χ2v) is 8.75. The lowest BCUT2D eigenvalue weighted by atomic mass is 9.86. The fourth-order valence-corrected chi connectivity index (χ4v) is 5.24. The van der Waals surface area contributed by atoms with Gasteiger partial charge in [0, 0.05) is 22.5 Å². The Kier molecular flexibility index (Phi) is 5.47. The van der Waals surface area contributed by atoms with E-state index in [-0.39, 0.29) is 11.8 Å². The van der Waals surface area contributed by atoms with Gasteiger partial charge < -0.3 is 4.90 Å². The fraction of sp³-hybridized carbons (Fsp3) is 0.273. The van der Waals surface area contributed by atoms with Crippen molar-refractivity contribution in [3.05, 3.63) is 74.7 Å². The van der Waals surface area contributed by atoms with Crippen molar-refractivity contribution >= 4 is 39.3 Å². The number of allylic oxidation sites excluding steroid dienone is 1. The third-order valence-electron chi connectivity index (χ3n) is 5.28. The Balaban J connectivity index is 1.67. The van der Waals surface area contributed by atoms with Gasteiger partial charge in [-0.25, -0.2) is 0 Å². The number of carbonyl (C=O) groups is 1. The van der Waals surface area contributed by atoms with Gasteiger partial charge in [-0.3, -0.25) is 9.69 Å². The average molecular weight is 454 g/mol. The van der Waals surface area contributed by atoms with Gasteiger partial charge in [0.05, 0.1) is 29.2 Å². The molecule has 6 heteroatoms. The molecule has 0 spiro atoms. The summed E-state index contributed by atoms with van der Waals surface area (Å²) in [5, 5.41) is 10.7. The van der Waals surface area contributed by atoms with Gasteiger partial charge >= 0.3 is 0 Å². The molecule has 142 valence electrons. The molecular weight excluding hydrogens is 434 g/mol. The summed E-state index contributed by atoms with van der Waals surface area (Å²) >= 11 is 5.03. The second-order valence-electron chi connectivity index (χ2n) is 6.90. The van der Waals surface area contributed by atoms with E-state index in [0.717, 1.165) is 33.1 Å². The van der Waals surface area contributed by atoms with E-state index >= 15 is 0 Å². The largest absolute Gasteiger partial charge is 0.343 e. The molecule has 0 aliphatic carbocycles. The average Bonchev–Trinajstić information content (AvgIpc) is 2.74. The molecular formula is C22H20BrN3OS. The van der Waals surface area contributed by atoms with Crippen LogP contribution in [0.2, 0.25) is 0 Å². The van der Waals surface area contributed by atoms with Crippen LogP contribution in [0.5, 0.6) is 0 Å². The number of aryl methyl sites for hydroxylation is 1. The minimum absolute atomic E-state index is 0.0769. The molecule has 2 aliphatic heterocycles. The highest BCUT2D eigenvalue weighted by atomic mass is 79.9. The van der Waals surface area contributed by atoms with Crippen molar-refractivity contribution in [1.29, 1.82) is 5.26 Å². The van der Waals surface area contributed by atoms with Crippen molar-refractivity contribution in [2.45, 2.75) is 25.7 Å². The van der Waals surface area contributed by atoms with Crippen LogP contribution in [0.3, 0.4) is 0 Å². The maximum atomic E-state index is 13.0. The number of carbonyl (C=O) groups excluding carboxylic acids is 1. The molecule has 0 radical (unpaired) electrons. The Hall–Kier alpha value is -2.23. The highest BCUT2D eigenvalue weighted by Crippen LogP contribution is 2.43. The van der Waals surface area contributed by atoms with Crippen LogP contribution in [0.4, 0.5) is 5.69 Å². The number of nitriles is 1. The molecule has 2 aromatic carbocycles. The van der Waals surface area contributed by atoms with Gasteiger partial charge in [0.1, 0.15) is 0 Å². The van der Waals surface area contributed by atoms with E-state index in [9.17, 15) is 10.1 Å². The number of halogens is 1. The summed E-state index contributed by atoms with van der Waals surface area (Å²) < 4.78 is 0.989. The molecule has 1 fully saturated rings. The summed E-state index contributed by atoms with van der Waals surface area (Å²) in [7, 11) is 0. The molecule has 2 aliphatic rings. The number of fused-ring (bicyclic) bond motifs is 1. The monoisotopic (exact) mass is 453 g/mol. The van der Waals surface area contributed by atoms with Crippen molar-refractivity contribution in [3.63, 3.8) is 0 Å². The van der Waals surface area contributed by atoms with Crippen LogP contribution < -0.4 is 4.90 Å². The predicted molar refractivity (Wildman–Crippen MR) is 117 cm³/mol. The summed E-state index contributed by atoms with van der Waals surface area (Å²) in [5.74, 6) is 0.640. The second kappa shape index (κ2) is 8.02. The molecule has 1 amide bonds. The molecule has 4 nitrogen and oxygen atoms in total. The van der Waals surface area contributed by atoms with E-state index < -0.39 is 0 Å². The van der Waals surface area contributed by atoms with Crippen LogP contribution in [-0.4, -0.2) is 23.4 Å². The number of hydrogen-bond acceptors (Lipinski definition) is 4. The Morgan fingerprint density at radius 1 is 1.21 bits per heavy atom. The Labute approximate surface area is 178 Å². The zero-order valence-electron chi connectivity index (χ0n) is 15.6. The number of hydrogen-bond donors (Lipinski definition) is 0. The van der Waals surface area contributed by atoms with Gasteiger partial charge in [-0.1, -0.05) is 64.9 Å². The predicted octanol–water partition coefficient (Wildman–Crippen LogP) is 5.23. The number of benzene rings is 2. The highest BCUT2D eigenvalue weighted by molar-refractivity contribution is 9.10. The van der Waals surface area contributed by atoms with E-state index in [1.54, 1.807) is 16.7 Å². The van der Waals surface area contributed by atoms with E-state index in [1.165, 1.54) is 5.56 Å². The number of rotatable bonds is 3. The van der Waals surface area contributed by atoms with Gasteiger partial charge in [-0.15, -0.1) is 0 Å². The first-order valence-electron chi connectivity index (χ1n) is 9.28. The summed E-state index contributed by atoms with van der Waals surface area (Å²) in [6, 6.07) is 18.6. The molecule has 0 saturated carbocycles. The molecule has 1 saturated heterocycles. The standard InChI is InChI=1S/C22H20BrN3OS/c1-2-15-5-3-4-6-20(15)25-13-26-21(27)11-18(16-7-9-17(23)10-8-16)19(12-24)22(26)28-14-25/h3-10,18H,2,11,13-14H2,1H3/t18-/m1/s1. The lowest BCUT2D eigenvalue weighted by Gasteiger charge is -2.42. The molecule has 4 rings (SSSR count). The summed E-state index contributed by atoms with van der Waals surface area (Å²) in [6.45, 7) is 2.64. The maximum Gasteiger partial charge on any atom is 0.229 e. The van der Waals surface area contributed by atoms with Crippen LogP contribution in [0.15, 0.2) is 63.6 Å². The smallest absolute Gasteiger partial charge is 0.229 e. The van der Waals surface area contributed by atoms with Crippen molar-refractivity contribution in [3.8, 4) is 6.07 Å². The normalized spacial score (nSPS) is 19.5. The molecule has 0 bridgehead atoms. The van der Waals surface area contributed by atoms with Gasteiger partial charge in [-0.2, -0.15) is 5.26 Å². The van der Waals surface area contributed by atoms with Crippen molar-refractivity contribution in [2.24, 2.45) is 0 Å². The van der Waals surface area contributed by atoms with Gasteiger partial charge in [0.25, 0.3) is 0 Å². The minimum atomic E-state index is -0.168. The molecule has 1 atom stereocenters. The number of thioether (sulfide) groups is 1. The van der Waals surface area contributed by atoms with Gasteiger partial charge in [0.15, 0.2) is 0 Å².